The van der Waals surface area contributed by atoms with Crippen LogP contribution in [0.3, 0.4) is 0 Å². The number of ether oxygens (including phenoxy) is 2. The predicted octanol–water partition coefficient (Wildman–Crippen LogP) is 2.75. The molecule has 1 atom stereocenters. The molecule has 30 heavy (non-hydrogen) atoms. The number of thioether (sulfide) groups is 1. The first-order valence-electron chi connectivity index (χ1n) is 9.47. The summed E-state index contributed by atoms with van der Waals surface area (Å²) in [5.41, 5.74) is 1.22. The van der Waals surface area contributed by atoms with Gasteiger partial charge in [-0.25, -0.2) is 5.01 Å². The van der Waals surface area contributed by atoms with Crippen LogP contribution in [0.2, 0.25) is 0 Å². The van der Waals surface area contributed by atoms with Crippen molar-refractivity contribution in [1.29, 1.82) is 0 Å². The second kappa shape index (κ2) is 8.69. The molecule has 1 amide bonds. The highest BCUT2D eigenvalue weighted by atomic mass is 79.9. The van der Waals surface area contributed by atoms with Crippen LogP contribution in [0.25, 0.3) is 5.70 Å². The van der Waals surface area contributed by atoms with Gasteiger partial charge in [0.25, 0.3) is 5.91 Å². The maximum absolute atomic E-state index is 13.1. The van der Waals surface area contributed by atoms with Crippen LogP contribution in [0.4, 0.5) is 0 Å². The summed E-state index contributed by atoms with van der Waals surface area (Å²) < 4.78 is 11.9. The lowest BCUT2D eigenvalue weighted by atomic mass is 10.1. The Labute approximate surface area is 187 Å². The van der Waals surface area contributed by atoms with Crippen molar-refractivity contribution in [2.75, 3.05) is 20.0 Å². The molecule has 0 aliphatic carbocycles. The number of nitrogens with one attached hydrogen (secondary N) is 1. The highest BCUT2D eigenvalue weighted by Gasteiger charge is 2.36. The molecule has 7 nitrogen and oxygen atoms in total. The van der Waals surface area contributed by atoms with Crippen molar-refractivity contribution in [2.45, 2.75) is 19.5 Å². The third-order valence-corrected chi connectivity index (χ3v) is 6.29. The van der Waals surface area contributed by atoms with Gasteiger partial charge in [-0.2, -0.15) is 0 Å². The van der Waals surface area contributed by atoms with Crippen LogP contribution in [-0.4, -0.2) is 36.1 Å². The molecule has 0 saturated heterocycles. The van der Waals surface area contributed by atoms with E-state index in [9.17, 15) is 4.79 Å². The fourth-order valence-corrected chi connectivity index (χ4v) is 4.43. The van der Waals surface area contributed by atoms with Gasteiger partial charge in [-0.1, -0.05) is 34.6 Å². The number of carbonyl (C=O) groups excluding carboxylic acids is 1. The van der Waals surface area contributed by atoms with Gasteiger partial charge < -0.3 is 9.47 Å². The normalized spacial score (nSPS) is 17.4. The molecule has 0 unspecified atom stereocenters. The molecule has 0 bridgehead atoms. The lowest BCUT2D eigenvalue weighted by Crippen LogP contribution is -2.50. The van der Waals surface area contributed by atoms with Crippen LogP contribution < -0.4 is 25.4 Å². The number of benzene rings is 2. The highest BCUT2D eigenvalue weighted by Crippen LogP contribution is 2.37. The van der Waals surface area contributed by atoms with E-state index in [4.69, 9.17) is 19.6 Å². The molecule has 2 aliphatic rings. The van der Waals surface area contributed by atoms with E-state index in [-0.39, 0.29) is 5.91 Å². The SMILES string of the molecule is CCCSC1=NN2C(=c3cc(Br)ccc3=N[C@H]2c2cc(OC)ccc2OC)C(=O)N1. The van der Waals surface area contributed by atoms with E-state index in [0.717, 1.165) is 27.4 Å². The van der Waals surface area contributed by atoms with E-state index in [1.54, 1.807) is 19.2 Å². The van der Waals surface area contributed by atoms with Crippen LogP contribution >= 0.6 is 27.7 Å². The molecule has 156 valence electrons. The molecule has 0 fully saturated rings. The Morgan fingerprint density at radius 3 is 2.77 bits per heavy atom. The number of carbonyl (C=O) groups is 1. The number of fused-ring (bicyclic) bond motifs is 2. The predicted molar refractivity (Wildman–Crippen MR) is 121 cm³/mol. The van der Waals surface area contributed by atoms with E-state index < -0.39 is 6.17 Å². The van der Waals surface area contributed by atoms with Gasteiger partial charge in [-0.15, -0.1) is 5.10 Å². The van der Waals surface area contributed by atoms with Crippen molar-refractivity contribution in [3.8, 4) is 11.5 Å². The van der Waals surface area contributed by atoms with Gasteiger partial charge in [0.05, 0.1) is 19.6 Å². The Morgan fingerprint density at radius 1 is 1.20 bits per heavy atom. The maximum atomic E-state index is 13.1. The van der Waals surface area contributed by atoms with Crippen LogP contribution in [0.5, 0.6) is 11.5 Å². The number of amides is 1. The lowest BCUT2D eigenvalue weighted by Gasteiger charge is -2.34. The summed E-state index contributed by atoms with van der Waals surface area (Å²) >= 11 is 5.01. The number of amidine groups is 1. The Hall–Kier alpha value is -2.52. The molecule has 2 aliphatic heterocycles. The van der Waals surface area contributed by atoms with E-state index in [0.29, 0.717) is 27.7 Å². The molecule has 0 radical (unpaired) electrons. The van der Waals surface area contributed by atoms with Gasteiger partial charge >= 0.3 is 0 Å². The molecule has 0 spiro atoms. The van der Waals surface area contributed by atoms with Crippen LogP contribution in [0.1, 0.15) is 25.1 Å². The molecule has 0 aromatic heterocycles. The van der Waals surface area contributed by atoms with Gasteiger partial charge in [0.2, 0.25) is 0 Å². The zero-order valence-corrected chi connectivity index (χ0v) is 19.2. The topological polar surface area (TPSA) is 75.5 Å². The summed E-state index contributed by atoms with van der Waals surface area (Å²) in [5, 5.41) is 11.4. The fourth-order valence-electron chi connectivity index (χ4n) is 3.36. The number of hydrogen-bond donors (Lipinski definition) is 1. The highest BCUT2D eigenvalue weighted by molar-refractivity contribution is 9.10. The average Bonchev–Trinajstić information content (AvgIpc) is 2.76. The summed E-state index contributed by atoms with van der Waals surface area (Å²) in [4.78, 5) is 18.1. The summed E-state index contributed by atoms with van der Waals surface area (Å²) in [6, 6.07) is 11.2. The number of nitrogens with zero attached hydrogens (tertiary/aromatic N) is 3. The first-order valence-corrected chi connectivity index (χ1v) is 11.2. The smallest absolute Gasteiger partial charge is 0.276 e. The number of hydrogen-bond acceptors (Lipinski definition) is 7. The number of hydrazone groups is 1. The zero-order valence-electron chi connectivity index (χ0n) is 16.8. The van der Waals surface area contributed by atoms with E-state index >= 15 is 0 Å². The monoisotopic (exact) mass is 488 g/mol. The summed E-state index contributed by atoms with van der Waals surface area (Å²) in [6.07, 6.45) is 0.408. The minimum atomic E-state index is -0.568. The molecule has 0 saturated carbocycles. The minimum absolute atomic E-state index is 0.204. The van der Waals surface area contributed by atoms with Crippen molar-refractivity contribution in [2.24, 2.45) is 10.1 Å². The van der Waals surface area contributed by atoms with Gasteiger partial charge in [-0.05, 0) is 42.8 Å². The van der Waals surface area contributed by atoms with Gasteiger partial charge in [0.15, 0.2) is 11.3 Å². The van der Waals surface area contributed by atoms with Crippen molar-refractivity contribution >= 4 is 44.5 Å². The van der Waals surface area contributed by atoms with Crippen LogP contribution in [-0.2, 0) is 4.79 Å². The first-order chi connectivity index (χ1) is 14.5. The van der Waals surface area contributed by atoms with Gasteiger partial charge in [0, 0.05) is 21.0 Å². The fraction of sp³-hybridized carbons (Fsp3) is 0.286. The summed E-state index contributed by atoms with van der Waals surface area (Å²) in [6.45, 7) is 2.09. The molecular formula is C21H21BrN4O3S. The molecule has 4 rings (SSSR count). The Kier molecular flexibility index (Phi) is 6.01. The molecular weight excluding hydrogens is 468 g/mol. The van der Waals surface area contributed by atoms with Crippen LogP contribution in [0, 0.1) is 0 Å². The largest absolute Gasteiger partial charge is 0.497 e. The quantitative estimate of drug-likeness (QED) is 0.700. The second-order valence-corrected chi connectivity index (χ2v) is 8.67. The van der Waals surface area contributed by atoms with E-state index in [1.807, 2.05) is 36.4 Å². The van der Waals surface area contributed by atoms with Crippen molar-refractivity contribution in [3.63, 3.8) is 0 Å². The van der Waals surface area contributed by atoms with E-state index in [1.165, 1.54) is 11.8 Å². The second-order valence-electron chi connectivity index (χ2n) is 6.67. The van der Waals surface area contributed by atoms with Gasteiger partial charge in [-0.3, -0.25) is 15.1 Å². The standard InChI is InChI=1S/C21H21BrN4O3S/c1-4-9-30-21-24-20(27)18-14-10-12(22)5-7-16(14)23-19(26(18)25-21)15-11-13(28-2)6-8-17(15)29-3/h5-8,10-11,19H,4,9H2,1-3H3,(H,24,25,27)/t19-/m1/s1. The van der Waals surface area contributed by atoms with Gasteiger partial charge in [0.1, 0.15) is 17.2 Å². The first kappa shape index (κ1) is 20.7. The molecule has 9 heteroatoms. The van der Waals surface area contributed by atoms with Crippen molar-refractivity contribution in [1.82, 2.24) is 10.3 Å². The summed E-state index contributed by atoms with van der Waals surface area (Å²) in [5.74, 6) is 1.97. The minimum Gasteiger partial charge on any atom is -0.497 e. The summed E-state index contributed by atoms with van der Waals surface area (Å²) in [7, 11) is 3.22. The van der Waals surface area contributed by atoms with E-state index in [2.05, 4.69) is 28.2 Å². The Balaban J connectivity index is 1.96. The molecule has 2 aromatic rings. The average molecular weight is 489 g/mol. The molecule has 2 heterocycles. The number of methoxy groups -OCH3 is 2. The van der Waals surface area contributed by atoms with Crippen LogP contribution in [0.15, 0.2) is 51.0 Å². The molecule has 1 N–H and O–H groups in total. The maximum Gasteiger partial charge on any atom is 0.276 e. The number of rotatable bonds is 5. The molecule has 2 aromatic carbocycles. The third kappa shape index (κ3) is 3.79. The van der Waals surface area contributed by atoms with Crippen molar-refractivity contribution in [3.05, 3.63) is 57.0 Å². The number of halogens is 1. The third-order valence-electron chi connectivity index (χ3n) is 4.73. The zero-order chi connectivity index (χ0) is 21.3. The Morgan fingerprint density at radius 2 is 2.03 bits per heavy atom. The lowest BCUT2D eigenvalue weighted by molar-refractivity contribution is -0.116. The van der Waals surface area contributed by atoms with Crippen molar-refractivity contribution < 1.29 is 14.3 Å². The Bertz CT molecular complexity index is 1150.